The lowest BCUT2D eigenvalue weighted by Gasteiger charge is -2.33. The number of amides is 1. The highest BCUT2D eigenvalue weighted by Gasteiger charge is 2.39. The lowest BCUT2D eigenvalue weighted by Crippen LogP contribution is -2.44. The van der Waals surface area contributed by atoms with E-state index in [1.165, 1.54) is 0 Å². The van der Waals surface area contributed by atoms with Gasteiger partial charge in [-0.25, -0.2) is 0 Å². The first-order valence-corrected chi connectivity index (χ1v) is 8.08. The molecule has 1 fully saturated rings. The monoisotopic (exact) mass is 373 g/mol. The van der Waals surface area contributed by atoms with Crippen LogP contribution in [-0.2, 0) is 4.79 Å². The summed E-state index contributed by atoms with van der Waals surface area (Å²) >= 11 is 9.14. The second kappa shape index (κ2) is 6.79. The molecule has 2 N–H and O–H groups in total. The number of benzene rings is 1. The summed E-state index contributed by atoms with van der Waals surface area (Å²) in [5, 5.41) is 12.8. The minimum absolute atomic E-state index is 0.163. The predicted molar refractivity (Wildman–Crippen MR) is 84.6 cm³/mol. The Kier molecular flexibility index (Phi) is 5.27. The van der Waals surface area contributed by atoms with E-state index in [9.17, 15) is 14.7 Å². The Balaban J connectivity index is 2.07. The zero-order valence-corrected chi connectivity index (χ0v) is 13.8. The second-order valence-electron chi connectivity index (χ2n) is 5.45. The molecule has 4 nitrogen and oxygen atoms in total. The van der Waals surface area contributed by atoms with Crippen molar-refractivity contribution in [1.82, 2.24) is 5.32 Å². The topological polar surface area (TPSA) is 66.4 Å². The van der Waals surface area contributed by atoms with Crippen LogP contribution in [0.1, 0.15) is 42.5 Å². The largest absolute Gasteiger partial charge is 0.481 e. The highest BCUT2D eigenvalue weighted by molar-refractivity contribution is 9.10. The Hall–Kier alpha value is -1.07. The molecule has 0 spiro atoms. The molecule has 1 aromatic rings. The van der Waals surface area contributed by atoms with E-state index >= 15 is 0 Å². The summed E-state index contributed by atoms with van der Waals surface area (Å²) < 4.78 is 0.598. The molecule has 0 bridgehead atoms. The summed E-state index contributed by atoms with van der Waals surface area (Å²) in [6.45, 7) is 0.163. The molecule has 114 valence electrons. The van der Waals surface area contributed by atoms with Crippen LogP contribution >= 0.6 is 27.5 Å². The van der Waals surface area contributed by atoms with E-state index in [4.69, 9.17) is 11.6 Å². The van der Waals surface area contributed by atoms with Gasteiger partial charge in [-0.15, -0.1) is 0 Å². The van der Waals surface area contributed by atoms with Crippen molar-refractivity contribution >= 4 is 39.4 Å². The molecule has 0 atom stereocenters. The van der Waals surface area contributed by atoms with Crippen molar-refractivity contribution in [2.24, 2.45) is 5.41 Å². The molecule has 2 rings (SSSR count). The fourth-order valence-electron chi connectivity index (χ4n) is 2.71. The smallest absolute Gasteiger partial charge is 0.311 e. The van der Waals surface area contributed by atoms with Gasteiger partial charge in [0.05, 0.1) is 11.0 Å². The summed E-state index contributed by atoms with van der Waals surface area (Å²) in [4.78, 5) is 23.8. The maximum absolute atomic E-state index is 12.2. The molecule has 0 saturated heterocycles. The van der Waals surface area contributed by atoms with Crippen LogP contribution in [0.3, 0.4) is 0 Å². The highest BCUT2D eigenvalue weighted by atomic mass is 79.9. The Labute approximate surface area is 137 Å². The molecule has 0 aromatic heterocycles. The van der Waals surface area contributed by atoms with Crippen molar-refractivity contribution in [2.75, 3.05) is 6.54 Å². The van der Waals surface area contributed by atoms with Crippen LogP contribution in [0.4, 0.5) is 0 Å². The van der Waals surface area contributed by atoms with Crippen molar-refractivity contribution in [1.29, 1.82) is 0 Å². The van der Waals surface area contributed by atoms with Crippen LogP contribution in [0, 0.1) is 5.41 Å². The van der Waals surface area contributed by atoms with Crippen LogP contribution in [-0.4, -0.2) is 23.5 Å². The predicted octanol–water partition coefficient (Wildman–Crippen LogP) is 3.87. The average Bonchev–Trinajstić information content (AvgIpc) is 2.45. The lowest BCUT2D eigenvalue weighted by molar-refractivity contribution is -0.150. The third-order valence-corrected chi connectivity index (χ3v) is 4.92. The molecule has 1 saturated carbocycles. The first-order chi connectivity index (χ1) is 9.94. The van der Waals surface area contributed by atoms with Crippen LogP contribution in [0.25, 0.3) is 0 Å². The van der Waals surface area contributed by atoms with Crippen LogP contribution in [0.15, 0.2) is 22.7 Å². The van der Waals surface area contributed by atoms with Crippen molar-refractivity contribution in [3.63, 3.8) is 0 Å². The van der Waals surface area contributed by atoms with E-state index in [-0.39, 0.29) is 12.5 Å². The Morgan fingerprint density at radius 2 is 1.95 bits per heavy atom. The third-order valence-electron chi connectivity index (χ3n) is 4.03. The zero-order valence-electron chi connectivity index (χ0n) is 11.5. The van der Waals surface area contributed by atoms with Crippen molar-refractivity contribution < 1.29 is 14.7 Å². The van der Waals surface area contributed by atoms with Gasteiger partial charge >= 0.3 is 5.97 Å². The molecule has 1 amide bonds. The third kappa shape index (κ3) is 3.77. The van der Waals surface area contributed by atoms with E-state index < -0.39 is 11.4 Å². The molecule has 0 radical (unpaired) electrons. The number of carbonyl (C=O) groups excluding carboxylic acids is 1. The molecular weight excluding hydrogens is 358 g/mol. The van der Waals surface area contributed by atoms with Crippen molar-refractivity contribution in [3.05, 3.63) is 33.3 Å². The minimum atomic E-state index is -0.827. The number of carbonyl (C=O) groups is 2. The van der Waals surface area contributed by atoms with E-state index in [2.05, 4.69) is 21.2 Å². The van der Waals surface area contributed by atoms with E-state index in [0.717, 1.165) is 19.3 Å². The van der Waals surface area contributed by atoms with Gasteiger partial charge in [-0.3, -0.25) is 9.59 Å². The first kappa shape index (κ1) is 16.3. The quantitative estimate of drug-likeness (QED) is 0.841. The molecule has 0 aliphatic heterocycles. The Morgan fingerprint density at radius 3 is 2.52 bits per heavy atom. The van der Waals surface area contributed by atoms with Gasteiger partial charge in [0.25, 0.3) is 5.91 Å². The SMILES string of the molecule is O=C(NCC1(C(=O)O)CCCCC1)c1ccc(Cl)cc1Br. The standard InChI is InChI=1S/C15H17BrClNO3/c16-12-8-10(17)4-5-11(12)13(19)18-9-15(14(20)21)6-2-1-3-7-15/h4-5,8H,1-3,6-7,9H2,(H,18,19)(H,20,21). The number of halogens is 2. The summed E-state index contributed by atoms with van der Waals surface area (Å²) in [6, 6.07) is 4.90. The van der Waals surface area contributed by atoms with Gasteiger partial charge in [0, 0.05) is 16.0 Å². The normalized spacial score (nSPS) is 17.2. The summed E-state index contributed by atoms with van der Waals surface area (Å²) in [6.07, 6.45) is 4.08. The molecule has 6 heteroatoms. The van der Waals surface area contributed by atoms with Gasteiger partial charge in [-0.1, -0.05) is 30.9 Å². The van der Waals surface area contributed by atoms with Gasteiger partial charge in [0.2, 0.25) is 0 Å². The van der Waals surface area contributed by atoms with E-state index in [1.807, 2.05) is 0 Å². The lowest BCUT2D eigenvalue weighted by atomic mass is 9.74. The molecule has 21 heavy (non-hydrogen) atoms. The second-order valence-corrected chi connectivity index (χ2v) is 6.74. The van der Waals surface area contributed by atoms with Crippen LogP contribution < -0.4 is 5.32 Å². The fraction of sp³-hybridized carbons (Fsp3) is 0.467. The summed E-state index contributed by atoms with van der Waals surface area (Å²) in [5.74, 6) is -1.11. The maximum atomic E-state index is 12.2. The Morgan fingerprint density at radius 1 is 1.29 bits per heavy atom. The Bertz CT molecular complexity index is 556. The first-order valence-electron chi connectivity index (χ1n) is 6.91. The molecule has 0 heterocycles. The van der Waals surface area contributed by atoms with Gasteiger partial charge in [-0.05, 0) is 47.0 Å². The van der Waals surface area contributed by atoms with E-state index in [0.29, 0.717) is 27.9 Å². The van der Waals surface area contributed by atoms with Gasteiger partial charge in [0.15, 0.2) is 0 Å². The fourth-order valence-corrected chi connectivity index (χ4v) is 3.58. The maximum Gasteiger partial charge on any atom is 0.311 e. The number of rotatable bonds is 4. The van der Waals surface area contributed by atoms with Gasteiger partial charge < -0.3 is 10.4 Å². The summed E-state index contributed by atoms with van der Waals surface area (Å²) in [5.41, 5.74) is -0.372. The number of aliphatic carboxylic acids is 1. The minimum Gasteiger partial charge on any atom is -0.481 e. The average molecular weight is 375 g/mol. The number of nitrogens with one attached hydrogen (secondary N) is 1. The number of hydrogen-bond donors (Lipinski definition) is 2. The number of hydrogen-bond acceptors (Lipinski definition) is 2. The molecule has 1 aliphatic rings. The molecule has 0 unspecified atom stereocenters. The van der Waals surface area contributed by atoms with Gasteiger partial charge in [-0.2, -0.15) is 0 Å². The van der Waals surface area contributed by atoms with Gasteiger partial charge in [0.1, 0.15) is 0 Å². The van der Waals surface area contributed by atoms with Crippen molar-refractivity contribution in [2.45, 2.75) is 32.1 Å². The molecule has 1 aliphatic carbocycles. The highest BCUT2D eigenvalue weighted by Crippen LogP contribution is 2.36. The van der Waals surface area contributed by atoms with E-state index in [1.54, 1.807) is 18.2 Å². The van der Waals surface area contributed by atoms with Crippen LogP contribution in [0.5, 0.6) is 0 Å². The zero-order chi connectivity index (χ0) is 15.5. The molecule has 1 aromatic carbocycles. The number of carboxylic acid groups (broad SMARTS) is 1. The number of carboxylic acids is 1. The van der Waals surface area contributed by atoms with Crippen molar-refractivity contribution in [3.8, 4) is 0 Å². The molecular formula is C15H17BrClNO3. The van der Waals surface area contributed by atoms with Crippen LogP contribution in [0.2, 0.25) is 5.02 Å². The summed E-state index contributed by atoms with van der Waals surface area (Å²) in [7, 11) is 0.